The van der Waals surface area contributed by atoms with Gasteiger partial charge < -0.3 is 19.7 Å². The maximum atomic E-state index is 6.04. The summed E-state index contributed by atoms with van der Waals surface area (Å²) in [7, 11) is 1.92. The molecule has 166 valence electrons. The van der Waals surface area contributed by atoms with Crippen LogP contribution in [0.25, 0.3) is 10.8 Å². The molecule has 7 nitrogen and oxygen atoms in total. The van der Waals surface area contributed by atoms with E-state index in [9.17, 15) is 0 Å². The molecule has 0 bridgehead atoms. The second-order valence-corrected chi connectivity index (χ2v) is 7.31. The van der Waals surface area contributed by atoms with Gasteiger partial charge in [-0.25, -0.2) is 4.99 Å². The van der Waals surface area contributed by atoms with Gasteiger partial charge in [0.25, 0.3) is 0 Å². The first-order valence-corrected chi connectivity index (χ1v) is 10.5. The van der Waals surface area contributed by atoms with E-state index < -0.39 is 0 Å². The molecule has 0 radical (unpaired) electrons. The van der Waals surface area contributed by atoms with Crippen LogP contribution in [0, 0.1) is 0 Å². The Morgan fingerprint density at radius 3 is 2.90 bits per heavy atom. The van der Waals surface area contributed by atoms with E-state index in [1.807, 2.05) is 48.4 Å². The van der Waals surface area contributed by atoms with Gasteiger partial charge in [0.05, 0.1) is 25.9 Å². The molecule has 1 atom stereocenters. The third-order valence-corrected chi connectivity index (χ3v) is 5.16. The largest absolute Gasteiger partial charge is 0.491 e. The number of nitrogens with one attached hydrogen (secondary N) is 1. The fraction of sp³-hybridized carbons (Fsp3) is 0.391. The molecule has 0 saturated carbocycles. The van der Waals surface area contributed by atoms with Gasteiger partial charge >= 0.3 is 0 Å². The number of nitrogens with zero attached hydrogens (tertiary/aromatic N) is 4. The molecule has 0 aliphatic carbocycles. The Kier molecular flexibility index (Phi) is 8.53. The molecule has 1 aliphatic heterocycles. The van der Waals surface area contributed by atoms with Gasteiger partial charge in [-0.2, -0.15) is 5.10 Å². The van der Waals surface area contributed by atoms with Crippen molar-refractivity contribution >= 4 is 40.7 Å². The molecule has 1 unspecified atom stereocenters. The summed E-state index contributed by atoms with van der Waals surface area (Å²) in [6, 6.07) is 14.4. The fourth-order valence-corrected chi connectivity index (χ4v) is 3.70. The number of fused-ring (bicyclic) bond motifs is 1. The Morgan fingerprint density at radius 2 is 2.10 bits per heavy atom. The first-order chi connectivity index (χ1) is 14.7. The van der Waals surface area contributed by atoms with E-state index in [4.69, 9.17) is 14.5 Å². The van der Waals surface area contributed by atoms with E-state index in [1.165, 1.54) is 5.39 Å². The molecule has 1 fully saturated rings. The second-order valence-electron chi connectivity index (χ2n) is 7.31. The summed E-state index contributed by atoms with van der Waals surface area (Å²) in [6.07, 6.45) is 3.88. The summed E-state index contributed by atoms with van der Waals surface area (Å²) < 4.78 is 13.8. The second kappa shape index (κ2) is 11.3. The maximum absolute atomic E-state index is 6.04. The van der Waals surface area contributed by atoms with Gasteiger partial charge in [-0.05, 0) is 18.4 Å². The molecule has 1 saturated heterocycles. The monoisotopic (exact) mass is 535 g/mol. The highest BCUT2D eigenvalue weighted by Gasteiger charge is 2.25. The number of aliphatic imine (C=N–C) groups is 1. The number of ether oxygens (including phenoxy) is 2. The van der Waals surface area contributed by atoms with E-state index in [1.54, 1.807) is 0 Å². The van der Waals surface area contributed by atoms with Gasteiger partial charge in [-0.1, -0.05) is 36.4 Å². The molecule has 0 amide bonds. The predicted octanol–water partition coefficient (Wildman–Crippen LogP) is 3.61. The topological polar surface area (TPSA) is 63.9 Å². The van der Waals surface area contributed by atoms with Gasteiger partial charge in [0, 0.05) is 37.3 Å². The zero-order chi connectivity index (χ0) is 20.8. The summed E-state index contributed by atoms with van der Waals surface area (Å²) in [5, 5.41) is 9.98. The van der Waals surface area contributed by atoms with E-state index in [2.05, 4.69) is 40.4 Å². The van der Waals surface area contributed by atoms with E-state index in [-0.39, 0.29) is 30.1 Å². The van der Waals surface area contributed by atoms with Crippen LogP contribution in [0.15, 0.2) is 59.9 Å². The van der Waals surface area contributed by atoms with Crippen molar-refractivity contribution in [2.75, 3.05) is 39.4 Å². The fourth-order valence-electron chi connectivity index (χ4n) is 3.70. The standard InChI is InChI=1S/C23H29N5O2.HI/c1-3-24-23(28-12-14-30-22(17-28)19-15-26-27(2)16-19)25-11-13-29-21-10-6-8-18-7-4-5-9-20(18)21;/h4-10,15-16,22H,3,11-14,17H2,1-2H3,(H,24,25);1H. The van der Waals surface area contributed by atoms with Crippen molar-refractivity contribution in [1.82, 2.24) is 20.0 Å². The zero-order valence-electron chi connectivity index (χ0n) is 18.0. The minimum absolute atomic E-state index is 0. The molecule has 0 spiro atoms. The molecule has 4 rings (SSSR count). The molecule has 1 N–H and O–H groups in total. The highest BCUT2D eigenvalue weighted by Crippen LogP contribution is 2.25. The Bertz CT molecular complexity index is 1000. The zero-order valence-corrected chi connectivity index (χ0v) is 20.4. The van der Waals surface area contributed by atoms with Crippen molar-refractivity contribution in [1.29, 1.82) is 0 Å². The molecular weight excluding hydrogens is 505 g/mol. The summed E-state index contributed by atoms with van der Waals surface area (Å²) in [5.41, 5.74) is 1.09. The van der Waals surface area contributed by atoms with E-state index >= 15 is 0 Å². The lowest BCUT2D eigenvalue weighted by Crippen LogP contribution is -2.48. The number of benzene rings is 2. The normalized spacial score (nSPS) is 16.8. The molecule has 1 aromatic heterocycles. The number of halogens is 1. The number of aryl methyl sites for hydroxylation is 1. The number of rotatable bonds is 6. The Balaban J connectivity index is 0.00000272. The molecule has 8 heteroatoms. The van der Waals surface area contributed by atoms with Crippen molar-refractivity contribution in [3.05, 3.63) is 60.4 Å². The van der Waals surface area contributed by atoms with Gasteiger partial charge in [-0.15, -0.1) is 24.0 Å². The molecule has 1 aliphatic rings. The molecule has 2 heterocycles. The third kappa shape index (κ3) is 5.88. The molecular formula is C23H30IN5O2. The van der Waals surface area contributed by atoms with Gasteiger partial charge in [0.1, 0.15) is 18.5 Å². The minimum atomic E-state index is 0. The van der Waals surface area contributed by atoms with Crippen molar-refractivity contribution in [2.45, 2.75) is 13.0 Å². The van der Waals surface area contributed by atoms with Crippen LogP contribution in [0.2, 0.25) is 0 Å². The number of hydrogen-bond donors (Lipinski definition) is 1. The highest BCUT2D eigenvalue weighted by molar-refractivity contribution is 14.0. The predicted molar refractivity (Wildman–Crippen MR) is 134 cm³/mol. The molecule has 31 heavy (non-hydrogen) atoms. The Hall–Kier alpha value is -2.33. The lowest BCUT2D eigenvalue weighted by Gasteiger charge is -2.34. The lowest BCUT2D eigenvalue weighted by molar-refractivity contribution is -0.00805. The summed E-state index contributed by atoms with van der Waals surface area (Å²) in [5.74, 6) is 1.80. The maximum Gasteiger partial charge on any atom is 0.194 e. The first-order valence-electron chi connectivity index (χ1n) is 10.5. The van der Waals surface area contributed by atoms with E-state index in [0.29, 0.717) is 19.8 Å². The average molecular weight is 535 g/mol. The quantitative estimate of drug-likeness (QED) is 0.226. The highest BCUT2D eigenvalue weighted by atomic mass is 127. The van der Waals surface area contributed by atoms with Crippen LogP contribution >= 0.6 is 24.0 Å². The van der Waals surface area contributed by atoms with Crippen molar-refractivity contribution < 1.29 is 9.47 Å². The van der Waals surface area contributed by atoms with Crippen molar-refractivity contribution in [2.24, 2.45) is 12.0 Å². The van der Waals surface area contributed by atoms with Crippen LogP contribution in [0.5, 0.6) is 5.75 Å². The van der Waals surface area contributed by atoms with Crippen LogP contribution in [0.4, 0.5) is 0 Å². The SMILES string of the molecule is CCNC(=NCCOc1cccc2ccccc12)N1CCOC(c2cnn(C)c2)C1.I. The molecule has 2 aromatic carbocycles. The van der Waals surface area contributed by atoms with Gasteiger partial charge in [0.15, 0.2) is 5.96 Å². The van der Waals surface area contributed by atoms with Crippen LogP contribution in [0.1, 0.15) is 18.6 Å². The summed E-state index contributed by atoms with van der Waals surface area (Å²) in [4.78, 5) is 7.05. The Labute approximate surface area is 200 Å². The van der Waals surface area contributed by atoms with Crippen LogP contribution in [-0.4, -0.2) is 60.0 Å². The first kappa shape index (κ1) is 23.3. The third-order valence-electron chi connectivity index (χ3n) is 5.16. The minimum Gasteiger partial charge on any atom is -0.491 e. The van der Waals surface area contributed by atoms with Crippen LogP contribution in [0.3, 0.4) is 0 Å². The average Bonchev–Trinajstić information content (AvgIpc) is 3.22. The molecule has 3 aromatic rings. The van der Waals surface area contributed by atoms with Crippen molar-refractivity contribution in [3.63, 3.8) is 0 Å². The smallest absolute Gasteiger partial charge is 0.194 e. The Morgan fingerprint density at radius 1 is 1.26 bits per heavy atom. The van der Waals surface area contributed by atoms with Crippen molar-refractivity contribution in [3.8, 4) is 5.75 Å². The number of morpholine rings is 1. The lowest BCUT2D eigenvalue weighted by atomic mass is 10.1. The summed E-state index contributed by atoms with van der Waals surface area (Å²) >= 11 is 0. The van der Waals surface area contributed by atoms with E-state index in [0.717, 1.165) is 42.3 Å². The number of hydrogen-bond acceptors (Lipinski definition) is 4. The van der Waals surface area contributed by atoms with Crippen LogP contribution < -0.4 is 10.1 Å². The van der Waals surface area contributed by atoms with Gasteiger partial charge in [0.2, 0.25) is 0 Å². The number of guanidine groups is 1. The number of aromatic nitrogens is 2. The van der Waals surface area contributed by atoms with Gasteiger partial charge in [-0.3, -0.25) is 4.68 Å². The van der Waals surface area contributed by atoms with Crippen LogP contribution in [-0.2, 0) is 11.8 Å². The summed E-state index contributed by atoms with van der Waals surface area (Å²) in [6.45, 7) is 6.24.